The molecule has 0 atom stereocenters. The Labute approximate surface area is 163 Å². The molecule has 152 valence electrons. The fourth-order valence-corrected chi connectivity index (χ4v) is 3.37. The Morgan fingerprint density at radius 3 is 2.75 bits per heavy atom. The minimum atomic E-state index is -3.81. The standard InChI is InChI=1S/C18H22FN3O5S/c1-3-22-28(24,25)14-6-7-16(19)15(11-14)17(23)21-12-13-5-4-8-20-18(13)27-10-9-26-2/h4-8,11,22H,3,9-10,12H2,1-2H3,(H,21,23). The van der Waals surface area contributed by atoms with Gasteiger partial charge in [-0.1, -0.05) is 13.0 Å². The summed E-state index contributed by atoms with van der Waals surface area (Å²) >= 11 is 0. The van der Waals surface area contributed by atoms with Crippen molar-refractivity contribution in [3.05, 3.63) is 53.5 Å². The van der Waals surface area contributed by atoms with Crippen LogP contribution in [-0.4, -0.2) is 46.2 Å². The number of methoxy groups -OCH3 is 1. The van der Waals surface area contributed by atoms with Crippen molar-refractivity contribution in [2.45, 2.75) is 18.4 Å². The predicted molar refractivity (Wildman–Crippen MR) is 100 cm³/mol. The third-order valence-electron chi connectivity index (χ3n) is 3.64. The highest BCUT2D eigenvalue weighted by molar-refractivity contribution is 7.89. The topological polar surface area (TPSA) is 107 Å². The summed E-state index contributed by atoms with van der Waals surface area (Å²) in [5.74, 6) is -1.25. The number of carbonyl (C=O) groups is 1. The maximum absolute atomic E-state index is 14.1. The van der Waals surface area contributed by atoms with Crippen molar-refractivity contribution in [1.29, 1.82) is 0 Å². The summed E-state index contributed by atoms with van der Waals surface area (Å²) in [7, 11) is -2.26. The van der Waals surface area contributed by atoms with Gasteiger partial charge in [0.1, 0.15) is 12.4 Å². The lowest BCUT2D eigenvalue weighted by Crippen LogP contribution is -2.26. The molecule has 28 heavy (non-hydrogen) atoms. The number of pyridine rings is 1. The predicted octanol–water partition coefficient (Wildman–Crippen LogP) is 1.47. The first kappa shape index (κ1) is 21.7. The SMILES string of the molecule is CCNS(=O)(=O)c1ccc(F)c(C(=O)NCc2cccnc2OCCOC)c1. The van der Waals surface area contributed by atoms with Gasteiger partial charge in [0.25, 0.3) is 5.91 Å². The first-order valence-electron chi connectivity index (χ1n) is 8.52. The van der Waals surface area contributed by atoms with Gasteiger partial charge < -0.3 is 14.8 Å². The fraction of sp³-hybridized carbons (Fsp3) is 0.333. The molecule has 10 heteroatoms. The Balaban J connectivity index is 2.14. The maximum Gasteiger partial charge on any atom is 0.254 e. The monoisotopic (exact) mass is 411 g/mol. The number of nitrogens with one attached hydrogen (secondary N) is 2. The van der Waals surface area contributed by atoms with Crippen molar-refractivity contribution in [3.63, 3.8) is 0 Å². The van der Waals surface area contributed by atoms with E-state index in [0.717, 1.165) is 18.2 Å². The zero-order valence-electron chi connectivity index (χ0n) is 15.6. The highest BCUT2D eigenvalue weighted by Gasteiger charge is 2.19. The van der Waals surface area contributed by atoms with Gasteiger partial charge in [-0.25, -0.2) is 22.5 Å². The van der Waals surface area contributed by atoms with E-state index in [2.05, 4.69) is 15.0 Å². The van der Waals surface area contributed by atoms with E-state index in [1.165, 1.54) is 0 Å². The number of benzene rings is 1. The number of hydrogen-bond acceptors (Lipinski definition) is 6. The molecule has 0 aliphatic rings. The van der Waals surface area contributed by atoms with Crippen LogP contribution in [0, 0.1) is 5.82 Å². The van der Waals surface area contributed by atoms with Crippen LogP contribution in [0.3, 0.4) is 0 Å². The maximum atomic E-state index is 14.1. The zero-order chi connectivity index (χ0) is 20.6. The molecule has 8 nitrogen and oxygen atoms in total. The minimum Gasteiger partial charge on any atom is -0.475 e. The van der Waals surface area contributed by atoms with Crippen molar-refractivity contribution >= 4 is 15.9 Å². The quantitative estimate of drug-likeness (QED) is 0.574. The first-order chi connectivity index (χ1) is 13.4. The van der Waals surface area contributed by atoms with E-state index in [1.807, 2.05) is 0 Å². The van der Waals surface area contributed by atoms with Crippen LogP contribution in [0.25, 0.3) is 0 Å². The molecule has 2 rings (SSSR count). The summed E-state index contributed by atoms with van der Waals surface area (Å²) in [6.07, 6.45) is 1.54. The van der Waals surface area contributed by atoms with Crippen LogP contribution in [0.4, 0.5) is 4.39 Å². The Hall–Kier alpha value is -2.56. The molecule has 0 fully saturated rings. The van der Waals surface area contributed by atoms with E-state index in [-0.39, 0.29) is 30.2 Å². The Morgan fingerprint density at radius 2 is 2.04 bits per heavy atom. The average molecular weight is 411 g/mol. The van der Waals surface area contributed by atoms with Gasteiger partial charge in [-0.05, 0) is 24.3 Å². The number of aromatic nitrogens is 1. The van der Waals surface area contributed by atoms with E-state index >= 15 is 0 Å². The molecular formula is C18H22FN3O5S. The largest absolute Gasteiger partial charge is 0.475 e. The molecule has 2 N–H and O–H groups in total. The van der Waals surface area contributed by atoms with E-state index < -0.39 is 21.7 Å². The number of sulfonamides is 1. The molecule has 0 spiro atoms. The minimum absolute atomic E-state index is 0.0264. The molecule has 1 aromatic heterocycles. The van der Waals surface area contributed by atoms with Crippen LogP contribution in [0.1, 0.15) is 22.8 Å². The molecule has 2 aromatic rings. The molecule has 0 bridgehead atoms. The van der Waals surface area contributed by atoms with Gasteiger partial charge in [-0.15, -0.1) is 0 Å². The summed E-state index contributed by atoms with van der Waals surface area (Å²) in [6.45, 7) is 2.48. The van der Waals surface area contributed by atoms with E-state index in [4.69, 9.17) is 9.47 Å². The van der Waals surface area contributed by atoms with E-state index in [9.17, 15) is 17.6 Å². The second-order valence-electron chi connectivity index (χ2n) is 5.63. The lowest BCUT2D eigenvalue weighted by atomic mass is 10.2. The highest BCUT2D eigenvalue weighted by Crippen LogP contribution is 2.17. The van der Waals surface area contributed by atoms with Crippen LogP contribution in [-0.2, 0) is 21.3 Å². The number of ether oxygens (including phenoxy) is 2. The number of halogens is 1. The van der Waals surface area contributed by atoms with Crippen LogP contribution in [0.15, 0.2) is 41.4 Å². The summed E-state index contributed by atoms with van der Waals surface area (Å²) in [5, 5.41) is 2.55. The highest BCUT2D eigenvalue weighted by atomic mass is 32.2. The lowest BCUT2D eigenvalue weighted by molar-refractivity contribution is 0.0946. The van der Waals surface area contributed by atoms with Crippen molar-refractivity contribution in [2.75, 3.05) is 26.9 Å². The second-order valence-corrected chi connectivity index (χ2v) is 7.40. The van der Waals surface area contributed by atoms with Crippen LogP contribution >= 0.6 is 0 Å². The summed E-state index contributed by atoms with van der Waals surface area (Å²) in [5.41, 5.74) is 0.216. The normalized spacial score (nSPS) is 11.2. The number of carbonyl (C=O) groups excluding carboxylic acids is 1. The number of nitrogens with zero attached hydrogens (tertiary/aromatic N) is 1. The van der Waals surface area contributed by atoms with Gasteiger partial charge in [-0.3, -0.25) is 4.79 Å². The smallest absolute Gasteiger partial charge is 0.254 e. The van der Waals surface area contributed by atoms with Gasteiger partial charge in [0.15, 0.2) is 0 Å². The van der Waals surface area contributed by atoms with Crippen molar-refractivity contribution in [1.82, 2.24) is 15.0 Å². The van der Waals surface area contributed by atoms with Crippen LogP contribution in [0.2, 0.25) is 0 Å². The Kier molecular flexibility index (Phi) is 7.85. The van der Waals surface area contributed by atoms with Crippen LogP contribution < -0.4 is 14.8 Å². The molecule has 0 unspecified atom stereocenters. The third-order valence-corrected chi connectivity index (χ3v) is 5.19. The molecule has 1 amide bonds. The van der Waals surface area contributed by atoms with Gasteiger partial charge in [-0.2, -0.15) is 0 Å². The van der Waals surface area contributed by atoms with E-state index in [1.54, 1.807) is 32.4 Å². The summed E-state index contributed by atoms with van der Waals surface area (Å²) < 4.78 is 50.9. The molecular weight excluding hydrogens is 389 g/mol. The van der Waals surface area contributed by atoms with Crippen molar-refractivity contribution < 1.29 is 27.1 Å². The first-order valence-corrected chi connectivity index (χ1v) is 10.0. The zero-order valence-corrected chi connectivity index (χ0v) is 16.4. The molecule has 1 heterocycles. The lowest BCUT2D eigenvalue weighted by Gasteiger charge is -2.12. The average Bonchev–Trinajstić information content (AvgIpc) is 2.67. The van der Waals surface area contributed by atoms with E-state index in [0.29, 0.717) is 18.1 Å². The summed E-state index contributed by atoms with van der Waals surface area (Å²) in [6, 6.07) is 6.43. The van der Waals surface area contributed by atoms with Gasteiger partial charge in [0.2, 0.25) is 15.9 Å². The second kappa shape index (κ2) is 10.1. The van der Waals surface area contributed by atoms with Gasteiger partial charge in [0.05, 0.1) is 17.1 Å². The van der Waals surface area contributed by atoms with Gasteiger partial charge >= 0.3 is 0 Å². The molecule has 0 saturated carbocycles. The van der Waals surface area contributed by atoms with Crippen molar-refractivity contribution in [3.8, 4) is 5.88 Å². The number of rotatable bonds is 10. The fourth-order valence-electron chi connectivity index (χ4n) is 2.30. The number of hydrogen-bond donors (Lipinski definition) is 2. The molecule has 0 aliphatic heterocycles. The van der Waals surface area contributed by atoms with Crippen molar-refractivity contribution in [2.24, 2.45) is 0 Å². The molecule has 1 aromatic carbocycles. The molecule has 0 saturated heterocycles. The van der Waals surface area contributed by atoms with Crippen LogP contribution in [0.5, 0.6) is 5.88 Å². The number of amides is 1. The Bertz CT molecular complexity index is 921. The molecule has 0 radical (unpaired) electrons. The third kappa shape index (κ3) is 5.72. The summed E-state index contributed by atoms with van der Waals surface area (Å²) in [4.78, 5) is 16.3. The van der Waals surface area contributed by atoms with Gasteiger partial charge in [0, 0.05) is 32.0 Å². The Morgan fingerprint density at radius 1 is 1.25 bits per heavy atom. The molecule has 0 aliphatic carbocycles.